The van der Waals surface area contributed by atoms with E-state index in [0.717, 1.165) is 55.9 Å². The summed E-state index contributed by atoms with van der Waals surface area (Å²) in [6.45, 7) is 4.76. The highest BCUT2D eigenvalue weighted by Gasteiger charge is 2.31. The molecule has 4 heterocycles. The Kier molecular flexibility index (Phi) is 10.7. The zero-order chi connectivity index (χ0) is 33.9. The summed E-state index contributed by atoms with van der Waals surface area (Å²) in [7, 11) is 6.37. The van der Waals surface area contributed by atoms with E-state index < -0.39 is 10.9 Å². The summed E-state index contributed by atoms with van der Waals surface area (Å²) < 4.78 is 43.1. The minimum atomic E-state index is -2.85. The number of rotatable bonds is 11. The summed E-state index contributed by atoms with van der Waals surface area (Å²) in [5, 5.41) is 6.57. The van der Waals surface area contributed by atoms with Crippen LogP contribution >= 0.6 is 15.9 Å². The Bertz CT molecular complexity index is 1690. The van der Waals surface area contributed by atoms with Crippen LogP contribution in [-0.2, 0) is 17.3 Å². The number of benzene rings is 2. The smallest absolute Gasteiger partial charge is 0.229 e. The van der Waals surface area contributed by atoms with Crippen molar-refractivity contribution in [3.63, 3.8) is 0 Å². The maximum atomic E-state index is 11.9. The lowest BCUT2D eigenvalue weighted by molar-refractivity contribution is 0.0845. The van der Waals surface area contributed by atoms with Crippen LogP contribution < -0.4 is 34.0 Å². The lowest BCUT2D eigenvalue weighted by Gasteiger charge is -2.44. The number of aromatic nitrogens is 2. The highest BCUT2D eigenvalue weighted by molar-refractivity contribution is 9.10. The summed E-state index contributed by atoms with van der Waals surface area (Å²) in [5.41, 5.74) is 3.63. The van der Waals surface area contributed by atoms with Crippen molar-refractivity contribution in [2.45, 2.75) is 44.2 Å². The van der Waals surface area contributed by atoms with Crippen LogP contribution in [0.15, 0.2) is 34.9 Å². The first-order valence-corrected chi connectivity index (χ1v) is 18.2. The van der Waals surface area contributed by atoms with Gasteiger partial charge in [0.1, 0.15) is 23.1 Å². The van der Waals surface area contributed by atoms with Gasteiger partial charge < -0.3 is 34.6 Å². The SMILES string of the molecule is COc1cc(N2CCC(N3CCCC(N(C)C)C3)CC2)c(OC)cc1Nc1ncc(Br)c(Nc2cc3c(cc2N(C)[SH](=O)=O)CCO3)n1. The molecule has 2 saturated heterocycles. The van der Waals surface area contributed by atoms with Crippen LogP contribution in [0.5, 0.6) is 17.2 Å². The number of nitrogens with one attached hydrogen (secondary N) is 2. The summed E-state index contributed by atoms with van der Waals surface area (Å²) >= 11 is 3.53. The van der Waals surface area contributed by atoms with Crippen LogP contribution in [-0.4, -0.2) is 108 Å². The molecule has 1 aromatic heterocycles. The predicted octanol–water partition coefficient (Wildman–Crippen LogP) is 4.64. The van der Waals surface area contributed by atoms with E-state index in [2.05, 4.69) is 60.3 Å². The number of thiol groups is 1. The maximum Gasteiger partial charge on any atom is 0.229 e. The number of likely N-dealkylation sites (N-methyl/N-ethyl adjacent to an activating group) is 1. The first-order chi connectivity index (χ1) is 23.1. The van der Waals surface area contributed by atoms with Crippen molar-refractivity contribution in [2.75, 3.05) is 88.0 Å². The second-order valence-corrected chi connectivity index (χ2v) is 14.6. The quantitative estimate of drug-likeness (QED) is 0.237. The molecule has 2 aromatic carbocycles. The van der Waals surface area contributed by atoms with Gasteiger partial charge in [-0.1, -0.05) is 0 Å². The number of fused-ring (bicyclic) bond motifs is 1. The van der Waals surface area contributed by atoms with Gasteiger partial charge in [-0.05, 0) is 73.9 Å². The van der Waals surface area contributed by atoms with E-state index in [1.807, 2.05) is 18.2 Å². The maximum absolute atomic E-state index is 11.9. The lowest BCUT2D eigenvalue weighted by atomic mass is 9.97. The van der Waals surface area contributed by atoms with E-state index in [4.69, 9.17) is 19.2 Å². The van der Waals surface area contributed by atoms with E-state index in [0.29, 0.717) is 63.5 Å². The summed E-state index contributed by atoms with van der Waals surface area (Å²) in [6.07, 6.45) is 7.09. The molecule has 6 rings (SSSR count). The molecule has 3 aliphatic rings. The van der Waals surface area contributed by atoms with Gasteiger partial charge >= 0.3 is 0 Å². The Morgan fingerprint density at radius 1 is 0.979 bits per heavy atom. The molecule has 0 aliphatic carbocycles. The zero-order valence-corrected chi connectivity index (χ0v) is 30.6. The molecule has 48 heavy (non-hydrogen) atoms. The number of nitrogens with zero attached hydrogens (tertiary/aromatic N) is 6. The van der Waals surface area contributed by atoms with E-state index in [-0.39, 0.29) is 0 Å². The van der Waals surface area contributed by atoms with Gasteiger partial charge in [-0.2, -0.15) is 4.98 Å². The van der Waals surface area contributed by atoms with Crippen molar-refractivity contribution in [1.29, 1.82) is 0 Å². The highest BCUT2D eigenvalue weighted by Crippen LogP contribution is 2.42. The largest absolute Gasteiger partial charge is 0.494 e. The van der Waals surface area contributed by atoms with Gasteiger partial charge in [0.15, 0.2) is 0 Å². The van der Waals surface area contributed by atoms with Crippen molar-refractivity contribution < 1.29 is 22.6 Å². The third-order valence-corrected chi connectivity index (χ3v) is 10.9. The molecule has 13 nitrogen and oxygen atoms in total. The molecular formula is C33H45BrN8O5S. The Labute approximate surface area is 292 Å². The first kappa shape index (κ1) is 34.3. The molecule has 0 bridgehead atoms. The van der Waals surface area contributed by atoms with Crippen LogP contribution in [0, 0.1) is 0 Å². The molecule has 2 fully saturated rings. The number of methoxy groups -OCH3 is 2. The van der Waals surface area contributed by atoms with Crippen LogP contribution in [0.2, 0.25) is 0 Å². The number of hydrogen-bond acceptors (Lipinski definition) is 12. The lowest BCUT2D eigenvalue weighted by Crippen LogP contribution is -2.52. The van der Waals surface area contributed by atoms with Crippen LogP contribution in [0.4, 0.5) is 34.5 Å². The average molecular weight is 746 g/mol. The third kappa shape index (κ3) is 7.38. The van der Waals surface area contributed by atoms with E-state index >= 15 is 0 Å². The third-order valence-electron chi connectivity index (χ3n) is 9.63. The fourth-order valence-electron chi connectivity index (χ4n) is 6.87. The predicted molar refractivity (Wildman–Crippen MR) is 194 cm³/mol. The van der Waals surface area contributed by atoms with Gasteiger partial charge in [0, 0.05) is 69.6 Å². The van der Waals surface area contributed by atoms with Crippen LogP contribution in [0.25, 0.3) is 0 Å². The van der Waals surface area contributed by atoms with Crippen molar-refractivity contribution >= 4 is 61.3 Å². The van der Waals surface area contributed by atoms with Crippen LogP contribution in [0.3, 0.4) is 0 Å². The molecule has 3 aromatic rings. The van der Waals surface area contributed by atoms with Gasteiger partial charge in [-0.25, -0.2) is 13.4 Å². The second-order valence-electron chi connectivity index (χ2n) is 12.7. The van der Waals surface area contributed by atoms with Gasteiger partial charge in [0.25, 0.3) is 0 Å². The summed E-state index contributed by atoms with van der Waals surface area (Å²) in [4.78, 5) is 16.6. The Balaban J connectivity index is 1.20. The number of anilines is 6. The average Bonchev–Trinajstić information content (AvgIpc) is 3.56. The normalized spacial score (nSPS) is 18.5. The van der Waals surface area contributed by atoms with Gasteiger partial charge in [0.05, 0.1) is 48.0 Å². The minimum Gasteiger partial charge on any atom is -0.494 e. The van der Waals surface area contributed by atoms with E-state index in [1.54, 1.807) is 26.5 Å². The highest BCUT2D eigenvalue weighted by atomic mass is 79.9. The molecule has 0 spiro atoms. The van der Waals surface area contributed by atoms with E-state index in [9.17, 15) is 8.42 Å². The van der Waals surface area contributed by atoms with Crippen molar-refractivity contribution in [1.82, 2.24) is 19.8 Å². The van der Waals surface area contributed by atoms with Gasteiger partial charge in [-0.15, -0.1) is 0 Å². The Morgan fingerprint density at radius 2 is 1.75 bits per heavy atom. The number of hydrogen-bond donors (Lipinski definition) is 3. The number of piperidine rings is 2. The van der Waals surface area contributed by atoms with Crippen molar-refractivity contribution in [3.05, 3.63) is 40.5 Å². The molecule has 0 amide bonds. The fourth-order valence-corrected chi connectivity index (χ4v) is 7.50. The summed E-state index contributed by atoms with van der Waals surface area (Å²) in [6, 6.07) is 8.79. The first-order valence-electron chi connectivity index (χ1n) is 16.3. The Morgan fingerprint density at radius 3 is 2.46 bits per heavy atom. The fraction of sp³-hybridized carbons (Fsp3) is 0.515. The van der Waals surface area contributed by atoms with Gasteiger partial charge in [0.2, 0.25) is 16.8 Å². The molecule has 1 unspecified atom stereocenters. The Hall–Kier alpha value is -3.53. The molecule has 2 N–H and O–H groups in total. The van der Waals surface area contributed by atoms with Crippen molar-refractivity contribution in [2.24, 2.45) is 0 Å². The van der Waals surface area contributed by atoms with Crippen molar-refractivity contribution in [3.8, 4) is 17.2 Å². The molecule has 0 saturated carbocycles. The monoisotopic (exact) mass is 744 g/mol. The minimum absolute atomic E-state index is 0.314. The van der Waals surface area contributed by atoms with Crippen LogP contribution in [0.1, 0.15) is 31.2 Å². The standard InChI is InChI=1S/C33H45BrN8O5S/c1-39(2)23-7-6-11-42(20-23)22-8-12-41(13-9-22)28-18-30(45-4)26(17-31(28)46-5)37-33-35-19-24(34)32(38-33)36-25-16-29-21(10-14-47-29)15-27(25)40(3)48(43)44/h15-19,22-23,48H,6-14,20H2,1-5H3,(H2,35,36,37,38). The second kappa shape index (κ2) is 14.9. The number of ether oxygens (including phenoxy) is 3. The van der Waals surface area contributed by atoms with Gasteiger partial charge in [-0.3, -0.25) is 9.21 Å². The molecule has 3 aliphatic heterocycles. The summed E-state index contributed by atoms with van der Waals surface area (Å²) in [5.74, 6) is 2.84. The molecule has 0 radical (unpaired) electrons. The van der Waals surface area contributed by atoms with E-state index in [1.165, 1.54) is 30.7 Å². The number of likely N-dealkylation sites (tertiary alicyclic amines) is 1. The topological polar surface area (TPSA) is 125 Å². The molecule has 1 atom stereocenters. The molecule has 15 heteroatoms. The molecule has 260 valence electrons. The molecular weight excluding hydrogens is 700 g/mol. The number of halogens is 1. The zero-order valence-electron chi connectivity index (χ0n) is 28.2.